The van der Waals surface area contributed by atoms with E-state index in [1.54, 1.807) is 6.07 Å². The van der Waals surface area contributed by atoms with Gasteiger partial charge in [-0.15, -0.1) is 5.10 Å². The van der Waals surface area contributed by atoms with E-state index in [-0.39, 0.29) is 17.4 Å². The second-order valence-corrected chi connectivity index (χ2v) is 5.60. The molecule has 1 aromatic carbocycles. The van der Waals surface area contributed by atoms with Gasteiger partial charge in [-0.1, -0.05) is 17.5 Å². The molecule has 110 valence electrons. The van der Waals surface area contributed by atoms with Crippen molar-refractivity contribution in [3.05, 3.63) is 39.6 Å². The van der Waals surface area contributed by atoms with Crippen LogP contribution in [0.3, 0.4) is 0 Å². The number of nitrogens with zero attached hydrogens (tertiary/aromatic N) is 2. The molecule has 7 heteroatoms. The quantitative estimate of drug-likeness (QED) is 0.912. The minimum absolute atomic E-state index is 0.219. The Hall–Kier alpha value is -1.86. The number of benzene rings is 1. The third-order valence-electron chi connectivity index (χ3n) is 3.55. The summed E-state index contributed by atoms with van der Waals surface area (Å²) in [6, 6.07) is 3.46. The number of halogens is 1. The third-order valence-corrected chi connectivity index (χ3v) is 4.32. The van der Waals surface area contributed by atoms with Crippen molar-refractivity contribution in [2.75, 3.05) is 11.9 Å². The highest BCUT2D eigenvalue weighted by Crippen LogP contribution is 2.25. The molecule has 1 aromatic heterocycles. The van der Waals surface area contributed by atoms with Crippen LogP contribution in [0.2, 0.25) is 0 Å². The van der Waals surface area contributed by atoms with Crippen LogP contribution in [0.5, 0.6) is 0 Å². The van der Waals surface area contributed by atoms with Gasteiger partial charge in [-0.3, -0.25) is 4.79 Å². The van der Waals surface area contributed by atoms with E-state index < -0.39 is 0 Å². The molecule has 0 atom stereocenters. The van der Waals surface area contributed by atoms with Crippen LogP contribution in [0.1, 0.15) is 33.4 Å². The zero-order valence-corrected chi connectivity index (χ0v) is 12.4. The summed E-state index contributed by atoms with van der Waals surface area (Å²) in [7, 11) is 0. The van der Waals surface area contributed by atoms with Crippen LogP contribution in [0, 0.1) is 5.82 Å². The van der Waals surface area contributed by atoms with Crippen molar-refractivity contribution in [2.45, 2.75) is 26.3 Å². The van der Waals surface area contributed by atoms with Gasteiger partial charge in [0.1, 0.15) is 10.7 Å². The molecule has 0 aliphatic carbocycles. The normalized spacial score (nSPS) is 13.8. The SMILES string of the molecule is CCc1nnsc1C(=O)Nc1ccc2c(c1F)CCNC2. The number of nitrogens with one attached hydrogen (secondary N) is 2. The lowest BCUT2D eigenvalue weighted by atomic mass is 9.99. The van der Waals surface area contributed by atoms with E-state index in [0.29, 0.717) is 35.5 Å². The van der Waals surface area contributed by atoms with Crippen LogP contribution in [0.25, 0.3) is 0 Å². The number of aryl methyl sites for hydroxylation is 1. The largest absolute Gasteiger partial charge is 0.319 e. The first-order chi connectivity index (χ1) is 10.2. The number of hydrogen-bond donors (Lipinski definition) is 2. The zero-order valence-electron chi connectivity index (χ0n) is 11.6. The van der Waals surface area contributed by atoms with Crippen LogP contribution in [0.4, 0.5) is 10.1 Å². The molecule has 0 radical (unpaired) electrons. The topological polar surface area (TPSA) is 66.9 Å². The van der Waals surface area contributed by atoms with Crippen molar-refractivity contribution >= 4 is 23.1 Å². The Morgan fingerprint density at radius 1 is 1.52 bits per heavy atom. The van der Waals surface area contributed by atoms with E-state index >= 15 is 0 Å². The fraction of sp³-hybridized carbons (Fsp3) is 0.357. The molecule has 3 rings (SSSR count). The molecular weight excluding hydrogens is 291 g/mol. The van der Waals surface area contributed by atoms with Crippen LogP contribution in [0.15, 0.2) is 12.1 Å². The average Bonchev–Trinajstić information content (AvgIpc) is 2.99. The summed E-state index contributed by atoms with van der Waals surface area (Å²) in [5, 5.41) is 9.73. The Morgan fingerprint density at radius 2 is 2.38 bits per heavy atom. The fourth-order valence-corrected chi connectivity index (χ4v) is 3.07. The van der Waals surface area contributed by atoms with Gasteiger partial charge in [-0.05, 0) is 48.1 Å². The number of amides is 1. The minimum Gasteiger partial charge on any atom is -0.319 e. The Balaban J connectivity index is 1.87. The lowest BCUT2D eigenvalue weighted by Gasteiger charge is -2.19. The summed E-state index contributed by atoms with van der Waals surface area (Å²) in [5.41, 5.74) is 2.49. The Labute approximate surface area is 125 Å². The Bertz CT molecular complexity index is 686. The average molecular weight is 306 g/mol. The molecule has 0 saturated carbocycles. The van der Waals surface area contributed by atoms with E-state index in [4.69, 9.17) is 0 Å². The molecule has 5 nitrogen and oxygen atoms in total. The molecule has 1 aliphatic rings. The Morgan fingerprint density at radius 3 is 3.19 bits per heavy atom. The van der Waals surface area contributed by atoms with Gasteiger partial charge in [-0.2, -0.15) is 0 Å². The van der Waals surface area contributed by atoms with Gasteiger partial charge in [0.15, 0.2) is 0 Å². The van der Waals surface area contributed by atoms with Gasteiger partial charge in [0.25, 0.3) is 5.91 Å². The fourth-order valence-electron chi connectivity index (χ4n) is 2.42. The number of hydrogen-bond acceptors (Lipinski definition) is 5. The van der Waals surface area contributed by atoms with Crippen molar-refractivity contribution in [1.82, 2.24) is 14.9 Å². The van der Waals surface area contributed by atoms with Gasteiger partial charge in [0, 0.05) is 6.54 Å². The summed E-state index contributed by atoms with van der Waals surface area (Å²) in [6.45, 7) is 3.32. The van der Waals surface area contributed by atoms with Gasteiger partial charge < -0.3 is 10.6 Å². The van der Waals surface area contributed by atoms with Gasteiger partial charge >= 0.3 is 0 Å². The molecule has 2 N–H and O–H groups in total. The van der Waals surface area contributed by atoms with Crippen molar-refractivity contribution in [3.8, 4) is 0 Å². The van der Waals surface area contributed by atoms with Gasteiger partial charge in [0.05, 0.1) is 11.4 Å². The third kappa shape index (κ3) is 2.66. The molecular formula is C14H15FN4OS. The molecule has 0 unspecified atom stereocenters. The minimum atomic E-state index is -0.352. The van der Waals surface area contributed by atoms with Crippen LogP contribution in [-0.4, -0.2) is 22.0 Å². The maximum Gasteiger partial charge on any atom is 0.269 e. The number of carbonyl (C=O) groups excluding carboxylic acids is 1. The summed E-state index contributed by atoms with van der Waals surface area (Å²) >= 11 is 1.03. The second kappa shape index (κ2) is 5.87. The molecule has 1 amide bonds. The second-order valence-electron chi connectivity index (χ2n) is 4.85. The summed E-state index contributed by atoms with van der Waals surface area (Å²) in [6.07, 6.45) is 1.25. The molecule has 0 saturated heterocycles. The number of aromatic nitrogens is 2. The molecule has 1 aliphatic heterocycles. The maximum absolute atomic E-state index is 14.5. The Kier molecular flexibility index (Phi) is 3.94. The van der Waals surface area contributed by atoms with E-state index in [2.05, 4.69) is 20.2 Å². The monoisotopic (exact) mass is 306 g/mol. The van der Waals surface area contributed by atoms with Crippen LogP contribution in [-0.2, 0) is 19.4 Å². The first kappa shape index (κ1) is 14.1. The van der Waals surface area contributed by atoms with E-state index in [9.17, 15) is 9.18 Å². The first-order valence-corrected chi connectivity index (χ1v) is 7.61. The molecule has 2 aromatic rings. The maximum atomic E-state index is 14.5. The van der Waals surface area contributed by atoms with Gasteiger partial charge in [0.2, 0.25) is 0 Å². The highest BCUT2D eigenvalue weighted by Gasteiger charge is 2.20. The smallest absolute Gasteiger partial charge is 0.269 e. The highest BCUT2D eigenvalue weighted by molar-refractivity contribution is 7.08. The standard InChI is InChI=1S/C14H15FN4OS/c1-2-10-13(21-19-18-10)14(20)17-11-4-3-8-7-16-6-5-9(8)12(11)15/h3-4,16H,2,5-7H2,1H3,(H,17,20). The summed E-state index contributed by atoms with van der Waals surface area (Å²) in [4.78, 5) is 12.7. The highest BCUT2D eigenvalue weighted by atomic mass is 32.1. The summed E-state index contributed by atoms with van der Waals surface area (Å²) < 4.78 is 18.2. The van der Waals surface area contributed by atoms with Crippen molar-refractivity contribution in [2.24, 2.45) is 0 Å². The number of rotatable bonds is 3. The van der Waals surface area contributed by atoms with Crippen molar-refractivity contribution < 1.29 is 9.18 Å². The number of carbonyl (C=O) groups is 1. The van der Waals surface area contributed by atoms with Crippen molar-refractivity contribution in [1.29, 1.82) is 0 Å². The van der Waals surface area contributed by atoms with Crippen LogP contribution >= 0.6 is 11.5 Å². The first-order valence-electron chi connectivity index (χ1n) is 6.84. The predicted molar refractivity (Wildman–Crippen MR) is 79.1 cm³/mol. The molecule has 0 spiro atoms. The van der Waals surface area contributed by atoms with Gasteiger partial charge in [-0.25, -0.2) is 4.39 Å². The lowest BCUT2D eigenvalue weighted by Crippen LogP contribution is -2.25. The van der Waals surface area contributed by atoms with E-state index in [1.165, 1.54) is 0 Å². The van der Waals surface area contributed by atoms with Crippen molar-refractivity contribution in [3.63, 3.8) is 0 Å². The zero-order chi connectivity index (χ0) is 14.8. The van der Waals surface area contributed by atoms with E-state index in [1.807, 2.05) is 13.0 Å². The van der Waals surface area contributed by atoms with Crippen LogP contribution < -0.4 is 10.6 Å². The predicted octanol–water partition coefficient (Wildman–Crippen LogP) is 2.14. The number of fused-ring (bicyclic) bond motifs is 1. The molecule has 0 fully saturated rings. The lowest BCUT2D eigenvalue weighted by molar-refractivity contribution is 0.102. The summed E-state index contributed by atoms with van der Waals surface area (Å²) in [5.74, 6) is -0.687. The molecule has 21 heavy (non-hydrogen) atoms. The van der Waals surface area contributed by atoms with E-state index in [0.717, 1.165) is 23.6 Å². The number of anilines is 1. The molecule has 2 heterocycles. The molecule has 0 bridgehead atoms.